The maximum Gasteiger partial charge on any atom is 0.233 e. The number of hydrogen-bond acceptors (Lipinski definition) is 5. The van der Waals surface area contributed by atoms with Crippen molar-refractivity contribution >= 4 is 34.4 Å². The molecule has 0 unspecified atom stereocenters. The predicted octanol–water partition coefficient (Wildman–Crippen LogP) is 3.07. The Balaban J connectivity index is 2.22. The Morgan fingerprint density at radius 1 is 1.23 bits per heavy atom. The van der Waals surface area contributed by atoms with Crippen LogP contribution in [-0.4, -0.2) is 33.7 Å². The molecule has 1 aromatic heterocycles. The summed E-state index contributed by atoms with van der Waals surface area (Å²) in [7, 11) is 1.83. The van der Waals surface area contributed by atoms with Crippen LogP contribution in [0.1, 0.15) is 27.7 Å². The van der Waals surface area contributed by atoms with Gasteiger partial charge in [0.2, 0.25) is 5.91 Å². The van der Waals surface area contributed by atoms with Crippen LogP contribution >= 0.6 is 11.8 Å². The van der Waals surface area contributed by atoms with Crippen LogP contribution in [0.2, 0.25) is 0 Å². The van der Waals surface area contributed by atoms with E-state index in [0.29, 0.717) is 5.16 Å². The van der Waals surface area contributed by atoms with E-state index in [1.807, 2.05) is 59.0 Å². The van der Waals surface area contributed by atoms with Crippen LogP contribution in [0, 0.1) is 0 Å². The van der Waals surface area contributed by atoms with E-state index in [-0.39, 0.29) is 16.7 Å². The van der Waals surface area contributed by atoms with Crippen molar-refractivity contribution in [2.75, 3.05) is 12.4 Å². The van der Waals surface area contributed by atoms with Crippen LogP contribution in [0.4, 0.5) is 5.82 Å². The fourth-order valence-electron chi connectivity index (χ4n) is 1.98. The molecule has 118 valence electrons. The summed E-state index contributed by atoms with van der Waals surface area (Å²) in [5.74, 6) is 0.761. The van der Waals surface area contributed by atoms with Crippen molar-refractivity contribution in [2.24, 2.45) is 0 Å². The predicted molar refractivity (Wildman–Crippen MR) is 92.3 cm³/mol. The molecule has 2 N–H and O–H groups in total. The third-order valence-corrected chi connectivity index (χ3v) is 3.93. The summed E-state index contributed by atoms with van der Waals surface area (Å²) in [6.45, 7) is 7.76. The van der Waals surface area contributed by atoms with Crippen molar-refractivity contribution in [1.82, 2.24) is 15.3 Å². The molecule has 1 amide bonds. The molecule has 5 nitrogen and oxygen atoms in total. The van der Waals surface area contributed by atoms with Gasteiger partial charge in [0.1, 0.15) is 5.82 Å². The summed E-state index contributed by atoms with van der Waals surface area (Å²) in [6, 6.07) is 7.82. The van der Waals surface area contributed by atoms with Gasteiger partial charge in [-0.15, -0.1) is 0 Å². The number of nitrogens with zero attached hydrogens (tertiary/aromatic N) is 2. The number of carbonyl (C=O) groups excluding carboxylic acids is 1. The quantitative estimate of drug-likeness (QED) is 0.670. The Hall–Kier alpha value is -1.82. The number of anilines is 1. The van der Waals surface area contributed by atoms with Gasteiger partial charge in [-0.3, -0.25) is 4.79 Å². The molecule has 2 rings (SSSR count). The van der Waals surface area contributed by atoms with E-state index in [1.165, 1.54) is 11.8 Å². The highest BCUT2D eigenvalue weighted by Gasteiger charge is 2.21. The molecule has 0 saturated carbocycles. The van der Waals surface area contributed by atoms with Gasteiger partial charge in [0.05, 0.1) is 10.8 Å². The van der Waals surface area contributed by atoms with Crippen molar-refractivity contribution in [3.8, 4) is 0 Å². The highest BCUT2D eigenvalue weighted by molar-refractivity contribution is 8.00. The zero-order valence-corrected chi connectivity index (χ0v) is 14.4. The number of nitrogens with one attached hydrogen (secondary N) is 2. The lowest BCUT2D eigenvalue weighted by Gasteiger charge is -2.22. The average Bonchev–Trinajstić information content (AvgIpc) is 2.44. The van der Waals surface area contributed by atoms with Gasteiger partial charge < -0.3 is 10.6 Å². The number of amides is 1. The lowest BCUT2D eigenvalue weighted by molar-refractivity contribution is -0.121. The van der Waals surface area contributed by atoms with Crippen molar-refractivity contribution in [3.63, 3.8) is 0 Å². The van der Waals surface area contributed by atoms with Gasteiger partial charge in [0, 0.05) is 18.0 Å². The summed E-state index contributed by atoms with van der Waals surface area (Å²) in [4.78, 5) is 21.2. The summed E-state index contributed by atoms with van der Waals surface area (Å²) in [5.41, 5.74) is 0.625. The van der Waals surface area contributed by atoms with Crippen LogP contribution in [-0.2, 0) is 4.79 Å². The SMILES string of the molecule is CNc1nc(S[C@H](C)C(=O)NC(C)(C)C)nc2ccccc12. The number of fused-ring (bicyclic) bond motifs is 1. The minimum Gasteiger partial charge on any atom is -0.372 e. The van der Waals surface area contributed by atoms with Crippen molar-refractivity contribution in [3.05, 3.63) is 24.3 Å². The lowest BCUT2D eigenvalue weighted by atomic mass is 10.1. The van der Waals surface area contributed by atoms with Crippen molar-refractivity contribution in [1.29, 1.82) is 0 Å². The number of thioether (sulfide) groups is 1. The minimum absolute atomic E-state index is 0.0136. The number of rotatable bonds is 4. The van der Waals surface area contributed by atoms with E-state index in [4.69, 9.17) is 0 Å². The molecule has 0 aliphatic heterocycles. The van der Waals surface area contributed by atoms with E-state index >= 15 is 0 Å². The van der Waals surface area contributed by atoms with Gasteiger partial charge in [0.15, 0.2) is 5.16 Å². The highest BCUT2D eigenvalue weighted by Crippen LogP contribution is 2.26. The van der Waals surface area contributed by atoms with Crippen LogP contribution in [0.3, 0.4) is 0 Å². The van der Waals surface area contributed by atoms with Gasteiger partial charge >= 0.3 is 0 Å². The normalized spacial score (nSPS) is 13.0. The topological polar surface area (TPSA) is 66.9 Å². The van der Waals surface area contributed by atoms with Gasteiger partial charge in [-0.2, -0.15) is 0 Å². The summed E-state index contributed by atoms with van der Waals surface area (Å²) in [5, 5.41) is 7.37. The summed E-state index contributed by atoms with van der Waals surface area (Å²) < 4.78 is 0. The molecule has 0 bridgehead atoms. The minimum atomic E-state index is -0.259. The summed E-state index contributed by atoms with van der Waals surface area (Å²) in [6.07, 6.45) is 0. The lowest BCUT2D eigenvalue weighted by Crippen LogP contribution is -2.44. The van der Waals surface area contributed by atoms with Gasteiger partial charge in [-0.25, -0.2) is 9.97 Å². The molecule has 22 heavy (non-hydrogen) atoms. The Bertz CT molecular complexity index is 681. The molecule has 0 fully saturated rings. The van der Waals surface area contributed by atoms with Crippen LogP contribution in [0.5, 0.6) is 0 Å². The first kappa shape index (κ1) is 16.5. The molecule has 0 aliphatic carbocycles. The van der Waals surface area contributed by atoms with E-state index in [0.717, 1.165) is 16.7 Å². The molecule has 2 aromatic rings. The van der Waals surface area contributed by atoms with Crippen molar-refractivity contribution < 1.29 is 4.79 Å². The Kier molecular flexibility index (Phi) is 4.90. The molecule has 1 heterocycles. The molecule has 1 atom stereocenters. The zero-order valence-electron chi connectivity index (χ0n) is 13.6. The fraction of sp³-hybridized carbons (Fsp3) is 0.438. The molecule has 6 heteroatoms. The first-order valence-corrected chi connectivity index (χ1v) is 8.11. The van der Waals surface area contributed by atoms with E-state index in [9.17, 15) is 4.79 Å². The number of carbonyl (C=O) groups is 1. The third-order valence-electron chi connectivity index (χ3n) is 2.97. The molecule has 0 aliphatic rings. The maximum atomic E-state index is 12.2. The second kappa shape index (κ2) is 6.52. The Labute approximate surface area is 135 Å². The number of hydrogen-bond donors (Lipinski definition) is 2. The molecule has 0 radical (unpaired) electrons. The van der Waals surface area contributed by atoms with Gasteiger partial charge in [-0.1, -0.05) is 23.9 Å². The maximum absolute atomic E-state index is 12.2. The molecule has 0 spiro atoms. The second-order valence-electron chi connectivity index (χ2n) is 6.12. The Morgan fingerprint density at radius 2 is 1.91 bits per heavy atom. The van der Waals surface area contributed by atoms with Gasteiger partial charge in [0.25, 0.3) is 0 Å². The van der Waals surface area contributed by atoms with Crippen LogP contribution < -0.4 is 10.6 Å². The average molecular weight is 318 g/mol. The third kappa shape index (κ3) is 4.10. The summed E-state index contributed by atoms with van der Waals surface area (Å²) >= 11 is 1.36. The van der Waals surface area contributed by atoms with Gasteiger partial charge in [-0.05, 0) is 39.8 Å². The number of aromatic nitrogens is 2. The molecular weight excluding hydrogens is 296 g/mol. The van der Waals surface area contributed by atoms with Crippen LogP contribution in [0.25, 0.3) is 10.9 Å². The van der Waals surface area contributed by atoms with Crippen molar-refractivity contribution in [2.45, 2.75) is 43.6 Å². The molecule has 0 saturated heterocycles. The Morgan fingerprint density at radius 3 is 2.55 bits per heavy atom. The fourth-order valence-corrected chi connectivity index (χ4v) is 2.76. The first-order chi connectivity index (χ1) is 10.3. The zero-order chi connectivity index (χ0) is 16.3. The standard InChI is InChI=1S/C16H22N4OS/c1-10(14(21)20-16(2,3)4)22-15-18-12-9-7-6-8-11(12)13(17-5)19-15/h6-10H,1-5H3,(H,20,21)(H,17,18,19)/t10-/m1/s1. The molecular formula is C16H22N4OS. The van der Waals surface area contributed by atoms with E-state index < -0.39 is 0 Å². The second-order valence-corrected chi connectivity index (χ2v) is 7.43. The number of para-hydroxylation sites is 1. The van der Waals surface area contributed by atoms with E-state index in [2.05, 4.69) is 20.6 Å². The largest absolute Gasteiger partial charge is 0.372 e. The van der Waals surface area contributed by atoms with E-state index in [1.54, 1.807) is 0 Å². The smallest absolute Gasteiger partial charge is 0.233 e. The number of benzene rings is 1. The molecule has 1 aromatic carbocycles. The monoisotopic (exact) mass is 318 g/mol. The van der Waals surface area contributed by atoms with Crippen LogP contribution in [0.15, 0.2) is 29.4 Å². The first-order valence-electron chi connectivity index (χ1n) is 7.23. The highest BCUT2D eigenvalue weighted by atomic mass is 32.2.